The summed E-state index contributed by atoms with van der Waals surface area (Å²) < 4.78 is 18.7. The largest absolute Gasteiger partial charge is 0.450 e. The number of benzene rings is 1. The first kappa shape index (κ1) is 19.1. The van der Waals surface area contributed by atoms with E-state index in [1.54, 1.807) is 28.9 Å². The van der Waals surface area contributed by atoms with Crippen LogP contribution in [-0.4, -0.2) is 60.0 Å². The van der Waals surface area contributed by atoms with Crippen LogP contribution in [0.1, 0.15) is 26.2 Å². The Balaban J connectivity index is 1.54. The molecule has 2 heterocycles. The third kappa shape index (κ3) is 4.37. The lowest BCUT2D eigenvalue weighted by atomic mass is 10.0. The van der Waals surface area contributed by atoms with E-state index in [2.05, 4.69) is 5.32 Å². The van der Waals surface area contributed by atoms with E-state index in [9.17, 15) is 18.8 Å². The molecule has 7 nitrogen and oxygen atoms in total. The lowest BCUT2D eigenvalue weighted by Crippen LogP contribution is -2.47. The quantitative estimate of drug-likeness (QED) is 0.873. The molecule has 2 fully saturated rings. The first-order valence-electron chi connectivity index (χ1n) is 9.26. The predicted octanol–water partition coefficient (Wildman–Crippen LogP) is 2.23. The Labute approximate surface area is 157 Å². The van der Waals surface area contributed by atoms with E-state index in [0.29, 0.717) is 39.1 Å². The van der Waals surface area contributed by atoms with E-state index in [1.807, 2.05) is 0 Å². The van der Waals surface area contributed by atoms with Gasteiger partial charge in [-0.1, -0.05) is 12.1 Å². The molecule has 1 unspecified atom stereocenters. The number of carbonyl (C=O) groups excluding carboxylic acids is 3. The molecule has 2 aliphatic heterocycles. The topological polar surface area (TPSA) is 79.0 Å². The zero-order chi connectivity index (χ0) is 19.4. The third-order valence-electron chi connectivity index (χ3n) is 5.09. The molecule has 1 atom stereocenters. The van der Waals surface area contributed by atoms with Gasteiger partial charge in [-0.2, -0.15) is 0 Å². The molecular formula is C19H24FN3O4. The van der Waals surface area contributed by atoms with Crippen LogP contribution in [-0.2, 0) is 14.3 Å². The average Bonchev–Trinajstić information content (AvgIpc) is 3.06. The maximum Gasteiger partial charge on any atom is 0.409 e. The summed E-state index contributed by atoms with van der Waals surface area (Å²) in [6.07, 6.45) is 1.11. The third-order valence-corrected chi connectivity index (χ3v) is 5.09. The lowest BCUT2D eigenvalue weighted by molar-refractivity contribution is -0.130. The van der Waals surface area contributed by atoms with Gasteiger partial charge in [0.1, 0.15) is 5.82 Å². The number of nitrogens with one attached hydrogen (secondary N) is 1. The molecule has 0 aromatic heterocycles. The van der Waals surface area contributed by atoms with Gasteiger partial charge in [0.15, 0.2) is 0 Å². The molecule has 1 aromatic rings. The standard InChI is InChI=1S/C19H24FN3O4/c1-2-27-19(26)22-9-7-14(8-10-22)23-12-13(11-17(23)24)18(25)21-16-6-4-3-5-15(16)20/h3-6,13-14H,2,7-12H2,1H3,(H,21,25). The molecule has 1 aromatic carbocycles. The number of ether oxygens (including phenoxy) is 1. The molecule has 0 bridgehead atoms. The van der Waals surface area contributed by atoms with Crippen molar-refractivity contribution in [1.82, 2.24) is 9.80 Å². The van der Waals surface area contributed by atoms with Crippen molar-refractivity contribution in [3.8, 4) is 0 Å². The lowest BCUT2D eigenvalue weighted by Gasteiger charge is -2.36. The molecule has 2 saturated heterocycles. The predicted molar refractivity (Wildman–Crippen MR) is 96.5 cm³/mol. The highest BCUT2D eigenvalue weighted by Crippen LogP contribution is 2.27. The highest BCUT2D eigenvalue weighted by molar-refractivity contribution is 5.97. The van der Waals surface area contributed by atoms with Crippen molar-refractivity contribution in [2.24, 2.45) is 5.92 Å². The van der Waals surface area contributed by atoms with Crippen LogP contribution in [0.2, 0.25) is 0 Å². The Bertz CT molecular complexity index is 719. The van der Waals surface area contributed by atoms with Crippen LogP contribution >= 0.6 is 0 Å². The van der Waals surface area contributed by atoms with E-state index in [4.69, 9.17) is 4.74 Å². The van der Waals surface area contributed by atoms with E-state index in [0.717, 1.165) is 0 Å². The van der Waals surface area contributed by atoms with Crippen LogP contribution < -0.4 is 5.32 Å². The maximum absolute atomic E-state index is 13.7. The van der Waals surface area contributed by atoms with Gasteiger partial charge in [-0.05, 0) is 31.9 Å². The number of anilines is 1. The summed E-state index contributed by atoms with van der Waals surface area (Å²) in [5.74, 6) is -1.42. The first-order chi connectivity index (χ1) is 13.0. The van der Waals surface area contributed by atoms with Crippen LogP contribution in [0.4, 0.5) is 14.9 Å². The fourth-order valence-electron chi connectivity index (χ4n) is 3.63. The number of hydrogen-bond donors (Lipinski definition) is 1. The number of piperidine rings is 1. The van der Waals surface area contributed by atoms with Crippen molar-refractivity contribution < 1.29 is 23.5 Å². The Kier molecular flexibility index (Phi) is 5.93. The SMILES string of the molecule is CCOC(=O)N1CCC(N2CC(C(=O)Nc3ccccc3F)CC2=O)CC1. The summed E-state index contributed by atoms with van der Waals surface area (Å²) in [5, 5.41) is 2.57. The number of hydrogen-bond acceptors (Lipinski definition) is 4. The first-order valence-corrected chi connectivity index (χ1v) is 9.26. The van der Waals surface area contributed by atoms with Gasteiger partial charge >= 0.3 is 6.09 Å². The monoisotopic (exact) mass is 377 g/mol. The molecular weight excluding hydrogens is 353 g/mol. The number of para-hydroxylation sites is 1. The zero-order valence-corrected chi connectivity index (χ0v) is 15.3. The molecule has 8 heteroatoms. The second-order valence-corrected chi connectivity index (χ2v) is 6.83. The van der Waals surface area contributed by atoms with Gasteiger partial charge in [-0.25, -0.2) is 9.18 Å². The van der Waals surface area contributed by atoms with Crippen molar-refractivity contribution in [1.29, 1.82) is 0 Å². The summed E-state index contributed by atoms with van der Waals surface area (Å²) in [4.78, 5) is 40.0. The summed E-state index contributed by atoms with van der Waals surface area (Å²) in [5.41, 5.74) is 0.121. The Morgan fingerprint density at radius 1 is 1.26 bits per heavy atom. The minimum Gasteiger partial charge on any atom is -0.450 e. The van der Waals surface area contributed by atoms with Gasteiger partial charge in [0.2, 0.25) is 11.8 Å². The molecule has 1 N–H and O–H groups in total. The van der Waals surface area contributed by atoms with Crippen molar-refractivity contribution in [3.63, 3.8) is 0 Å². The second-order valence-electron chi connectivity index (χ2n) is 6.83. The number of carbonyl (C=O) groups is 3. The number of halogens is 1. The van der Waals surface area contributed by atoms with E-state index >= 15 is 0 Å². The average molecular weight is 377 g/mol. The fourth-order valence-corrected chi connectivity index (χ4v) is 3.63. The van der Waals surface area contributed by atoms with Gasteiger partial charge in [0.05, 0.1) is 18.2 Å². The molecule has 0 radical (unpaired) electrons. The molecule has 27 heavy (non-hydrogen) atoms. The van der Waals surface area contributed by atoms with Crippen molar-refractivity contribution in [2.75, 3.05) is 31.6 Å². The van der Waals surface area contributed by atoms with Gasteiger partial charge in [-0.3, -0.25) is 9.59 Å². The van der Waals surface area contributed by atoms with Crippen molar-refractivity contribution >= 4 is 23.6 Å². The van der Waals surface area contributed by atoms with Crippen LogP contribution in [0.25, 0.3) is 0 Å². The van der Waals surface area contributed by atoms with Crippen LogP contribution in [0.15, 0.2) is 24.3 Å². The number of likely N-dealkylation sites (tertiary alicyclic amines) is 2. The normalized spacial score (nSPS) is 20.7. The number of rotatable bonds is 4. The van der Waals surface area contributed by atoms with Gasteiger partial charge in [0.25, 0.3) is 0 Å². The fraction of sp³-hybridized carbons (Fsp3) is 0.526. The summed E-state index contributed by atoms with van der Waals surface area (Å²) in [7, 11) is 0. The Morgan fingerprint density at radius 3 is 2.63 bits per heavy atom. The molecule has 0 saturated carbocycles. The van der Waals surface area contributed by atoms with Crippen molar-refractivity contribution in [3.05, 3.63) is 30.1 Å². The van der Waals surface area contributed by atoms with Crippen LogP contribution in [0, 0.1) is 11.7 Å². The Morgan fingerprint density at radius 2 is 1.96 bits per heavy atom. The molecule has 0 aliphatic carbocycles. The second kappa shape index (κ2) is 8.37. The van der Waals surface area contributed by atoms with Crippen LogP contribution in [0.5, 0.6) is 0 Å². The zero-order valence-electron chi connectivity index (χ0n) is 15.3. The molecule has 2 aliphatic rings. The Hall–Kier alpha value is -2.64. The highest BCUT2D eigenvalue weighted by Gasteiger charge is 2.39. The molecule has 3 amide bonds. The van der Waals surface area contributed by atoms with E-state index in [1.165, 1.54) is 12.1 Å². The van der Waals surface area contributed by atoms with E-state index in [-0.39, 0.29) is 36.1 Å². The molecule has 146 valence electrons. The minimum atomic E-state index is -0.502. The smallest absolute Gasteiger partial charge is 0.409 e. The summed E-state index contributed by atoms with van der Waals surface area (Å²) >= 11 is 0. The van der Waals surface area contributed by atoms with Gasteiger partial charge in [0, 0.05) is 32.1 Å². The molecule has 3 rings (SSSR count). The summed E-state index contributed by atoms with van der Waals surface area (Å²) in [6.45, 7) is 3.48. The minimum absolute atomic E-state index is 0.00874. The van der Waals surface area contributed by atoms with Gasteiger partial charge in [-0.15, -0.1) is 0 Å². The highest BCUT2D eigenvalue weighted by atomic mass is 19.1. The summed E-state index contributed by atoms with van der Waals surface area (Å²) in [6, 6.07) is 5.97. The number of nitrogens with zero attached hydrogens (tertiary/aromatic N) is 2. The van der Waals surface area contributed by atoms with Crippen LogP contribution in [0.3, 0.4) is 0 Å². The van der Waals surface area contributed by atoms with E-state index < -0.39 is 11.7 Å². The maximum atomic E-state index is 13.7. The number of amides is 3. The van der Waals surface area contributed by atoms with Gasteiger partial charge < -0.3 is 19.9 Å². The molecule has 0 spiro atoms. The van der Waals surface area contributed by atoms with Crippen molar-refractivity contribution in [2.45, 2.75) is 32.2 Å².